The minimum absolute atomic E-state index is 0.465. The Balaban J connectivity index is 3.25. The Hall–Kier alpha value is -1.30. The predicted octanol–water partition coefficient (Wildman–Crippen LogP) is 2.60. The van der Waals surface area contributed by atoms with Crippen molar-refractivity contribution in [1.29, 1.82) is 0 Å². The quantitative estimate of drug-likeness (QED) is 0.588. The molecule has 0 aliphatic heterocycles. The summed E-state index contributed by atoms with van der Waals surface area (Å²) in [6.45, 7) is 0. The van der Waals surface area contributed by atoms with Crippen molar-refractivity contribution in [1.82, 2.24) is 4.98 Å². The maximum Gasteiger partial charge on any atom is 0.359 e. The van der Waals surface area contributed by atoms with Gasteiger partial charge < -0.3 is 4.74 Å². The van der Waals surface area contributed by atoms with Crippen molar-refractivity contribution in [3.05, 3.63) is 28.3 Å². The molecule has 3 nitrogen and oxygen atoms in total. The van der Waals surface area contributed by atoms with Gasteiger partial charge in [0.1, 0.15) is 5.15 Å². The van der Waals surface area contributed by atoms with Crippen LogP contribution in [0.5, 0.6) is 0 Å². The largest absolute Gasteiger partial charge is 0.464 e. The molecule has 0 fully saturated rings. The van der Waals surface area contributed by atoms with Crippen molar-refractivity contribution >= 4 is 17.6 Å². The molecule has 82 valence electrons. The van der Waals surface area contributed by atoms with Gasteiger partial charge in [-0.15, -0.1) is 0 Å². The summed E-state index contributed by atoms with van der Waals surface area (Å²) < 4.78 is 41.7. The fourth-order valence-electron chi connectivity index (χ4n) is 0.873. The van der Waals surface area contributed by atoms with Crippen LogP contribution in [0.2, 0.25) is 5.15 Å². The van der Waals surface area contributed by atoms with Crippen LogP contribution in [0.15, 0.2) is 6.07 Å². The molecule has 0 N–H and O–H groups in total. The van der Waals surface area contributed by atoms with Crippen molar-refractivity contribution in [2.24, 2.45) is 0 Å². The van der Waals surface area contributed by atoms with Gasteiger partial charge in [0.15, 0.2) is 11.5 Å². The Labute approximate surface area is 87.8 Å². The molecule has 0 saturated carbocycles. The number of carbonyl (C=O) groups is 1. The molecule has 1 rings (SSSR count). The Kier molecular flexibility index (Phi) is 3.52. The van der Waals surface area contributed by atoms with Gasteiger partial charge in [-0.3, -0.25) is 0 Å². The maximum absolute atomic E-state index is 13.1. The molecule has 1 aromatic rings. The van der Waals surface area contributed by atoms with Crippen LogP contribution in [0.4, 0.5) is 13.2 Å². The lowest BCUT2D eigenvalue weighted by molar-refractivity contribution is 0.0587. The van der Waals surface area contributed by atoms with Gasteiger partial charge in [0.2, 0.25) is 0 Å². The Bertz CT molecular complexity index is 398. The third-order valence-electron chi connectivity index (χ3n) is 1.57. The zero-order valence-electron chi connectivity index (χ0n) is 7.43. The number of aromatic nitrogens is 1. The summed E-state index contributed by atoms with van der Waals surface area (Å²) in [4.78, 5) is 14.1. The van der Waals surface area contributed by atoms with E-state index in [2.05, 4.69) is 9.72 Å². The van der Waals surface area contributed by atoms with E-state index in [1.165, 1.54) is 0 Å². The average molecular weight is 240 g/mol. The van der Waals surface area contributed by atoms with Crippen LogP contribution < -0.4 is 0 Å². The van der Waals surface area contributed by atoms with Gasteiger partial charge in [-0.25, -0.2) is 22.9 Å². The minimum Gasteiger partial charge on any atom is -0.464 e. The number of hydrogen-bond donors (Lipinski definition) is 0. The summed E-state index contributed by atoms with van der Waals surface area (Å²) in [6, 6.07) is 0.465. The average Bonchev–Trinajstić information content (AvgIpc) is 2.19. The number of alkyl halides is 2. The number of nitrogens with zero attached hydrogens (tertiary/aromatic N) is 1. The monoisotopic (exact) mass is 239 g/mol. The van der Waals surface area contributed by atoms with Crippen molar-refractivity contribution < 1.29 is 22.7 Å². The lowest BCUT2D eigenvalue weighted by atomic mass is 10.2. The lowest BCUT2D eigenvalue weighted by Crippen LogP contribution is -2.09. The van der Waals surface area contributed by atoms with Crippen LogP contribution in [-0.2, 0) is 4.74 Å². The summed E-state index contributed by atoms with van der Waals surface area (Å²) in [5.41, 5.74) is -1.48. The van der Waals surface area contributed by atoms with Crippen LogP contribution in [0.3, 0.4) is 0 Å². The molecule has 0 unspecified atom stereocenters. The molecule has 1 aromatic heterocycles. The third-order valence-corrected chi connectivity index (χ3v) is 1.87. The molecular weight excluding hydrogens is 235 g/mol. The maximum atomic E-state index is 13.1. The number of esters is 1. The second kappa shape index (κ2) is 4.48. The third kappa shape index (κ3) is 2.38. The number of carbonyl (C=O) groups excluding carboxylic acids is 1. The summed E-state index contributed by atoms with van der Waals surface area (Å²) in [5, 5.41) is -0.619. The van der Waals surface area contributed by atoms with E-state index in [-0.39, 0.29) is 0 Å². The van der Waals surface area contributed by atoms with Crippen LogP contribution in [0.25, 0.3) is 0 Å². The van der Waals surface area contributed by atoms with E-state index < -0.39 is 34.6 Å². The molecular formula is C8H5ClF3NO2. The topological polar surface area (TPSA) is 39.2 Å². The van der Waals surface area contributed by atoms with Gasteiger partial charge in [-0.05, 0) is 6.07 Å². The van der Waals surface area contributed by atoms with E-state index in [0.29, 0.717) is 6.07 Å². The molecule has 15 heavy (non-hydrogen) atoms. The first kappa shape index (κ1) is 11.8. The second-order valence-electron chi connectivity index (χ2n) is 2.49. The van der Waals surface area contributed by atoms with E-state index in [9.17, 15) is 18.0 Å². The fraction of sp³-hybridized carbons (Fsp3) is 0.250. The van der Waals surface area contributed by atoms with Crippen LogP contribution in [0.1, 0.15) is 22.5 Å². The molecule has 0 bridgehead atoms. The number of hydrogen-bond acceptors (Lipinski definition) is 3. The first-order chi connectivity index (χ1) is 6.97. The van der Waals surface area contributed by atoms with Crippen LogP contribution in [-0.4, -0.2) is 18.1 Å². The van der Waals surface area contributed by atoms with Crippen LogP contribution >= 0.6 is 11.6 Å². The molecule has 0 radical (unpaired) electrons. The molecule has 0 saturated heterocycles. The van der Waals surface area contributed by atoms with E-state index in [0.717, 1.165) is 7.11 Å². The highest BCUT2D eigenvalue weighted by molar-refractivity contribution is 6.30. The highest BCUT2D eigenvalue weighted by Crippen LogP contribution is 2.27. The highest BCUT2D eigenvalue weighted by atomic mass is 35.5. The number of rotatable bonds is 2. The number of pyridine rings is 1. The zero-order chi connectivity index (χ0) is 11.6. The molecule has 0 spiro atoms. The van der Waals surface area contributed by atoms with Gasteiger partial charge in [0.05, 0.1) is 12.7 Å². The second-order valence-corrected chi connectivity index (χ2v) is 2.85. The van der Waals surface area contributed by atoms with E-state index in [4.69, 9.17) is 11.6 Å². The molecule has 0 aliphatic rings. The smallest absolute Gasteiger partial charge is 0.359 e. The summed E-state index contributed by atoms with van der Waals surface area (Å²) in [6.07, 6.45) is -2.95. The standard InChI is InChI=1S/C8H5ClF3NO2/c1-15-8(14)5-4(10)2-3(7(11)12)6(9)13-5/h2,7H,1H3. The molecule has 0 aliphatic carbocycles. The Morgan fingerprint density at radius 1 is 1.60 bits per heavy atom. The Morgan fingerprint density at radius 2 is 2.20 bits per heavy atom. The van der Waals surface area contributed by atoms with Gasteiger partial charge in [0, 0.05) is 0 Å². The normalized spacial score (nSPS) is 10.5. The van der Waals surface area contributed by atoms with E-state index in [1.54, 1.807) is 0 Å². The van der Waals surface area contributed by atoms with E-state index in [1.807, 2.05) is 0 Å². The highest BCUT2D eigenvalue weighted by Gasteiger charge is 2.21. The summed E-state index contributed by atoms with van der Waals surface area (Å²) in [7, 11) is 1.01. The zero-order valence-corrected chi connectivity index (χ0v) is 8.19. The molecule has 0 aromatic carbocycles. The van der Waals surface area contributed by atoms with Gasteiger partial charge in [0.25, 0.3) is 6.43 Å². The Morgan fingerprint density at radius 3 is 2.67 bits per heavy atom. The first-order valence-corrected chi connectivity index (χ1v) is 4.07. The molecule has 7 heteroatoms. The number of halogens is 4. The lowest BCUT2D eigenvalue weighted by Gasteiger charge is -2.05. The van der Waals surface area contributed by atoms with Crippen LogP contribution in [0, 0.1) is 5.82 Å². The summed E-state index contributed by atoms with van der Waals surface area (Å²) in [5.74, 6) is -2.27. The van der Waals surface area contributed by atoms with E-state index >= 15 is 0 Å². The van der Waals surface area contributed by atoms with Gasteiger partial charge in [-0.1, -0.05) is 11.6 Å². The minimum atomic E-state index is -2.95. The molecule has 1 heterocycles. The van der Waals surface area contributed by atoms with Gasteiger partial charge >= 0.3 is 5.97 Å². The fourth-order valence-corrected chi connectivity index (χ4v) is 1.09. The van der Waals surface area contributed by atoms with Gasteiger partial charge in [-0.2, -0.15) is 0 Å². The predicted molar refractivity (Wildman–Crippen MR) is 45.5 cm³/mol. The number of ether oxygens (including phenoxy) is 1. The SMILES string of the molecule is COC(=O)c1nc(Cl)c(C(F)F)cc1F. The van der Waals surface area contributed by atoms with Crippen molar-refractivity contribution in [3.63, 3.8) is 0 Å². The van der Waals surface area contributed by atoms with Crippen molar-refractivity contribution in [2.75, 3.05) is 7.11 Å². The molecule has 0 atom stereocenters. The van der Waals surface area contributed by atoms with Crippen molar-refractivity contribution in [3.8, 4) is 0 Å². The summed E-state index contributed by atoms with van der Waals surface area (Å²) >= 11 is 5.33. The number of methoxy groups -OCH3 is 1. The van der Waals surface area contributed by atoms with Crippen molar-refractivity contribution in [2.45, 2.75) is 6.43 Å². The first-order valence-electron chi connectivity index (χ1n) is 3.69. The molecule has 0 amide bonds.